The molecule has 0 saturated carbocycles. The normalized spacial score (nSPS) is 11.2. The third-order valence-electron chi connectivity index (χ3n) is 5.81. The average Bonchev–Trinajstić information content (AvgIpc) is 3.48. The number of hydrogen-bond donors (Lipinski definition) is 0. The van der Waals surface area contributed by atoms with Crippen LogP contribution in [-0.2, 0) is 27.3 Å². The molecule has 0 radical (unpaired) electrons. The number of ether oxygens (including phenoxy) is 2. The second kappa shape index (κ2) is 16.3. The Labute approximate surface area is 257 Å². The van der Waals surface area contributed by atoms with Crippen molar-refractivity contribution >= 4 is 0 Å². The summed E-state index contributed by atoms with van der Waals surface area (Å²) in [6.07, 6.45) is -8.72. The summed E-state index contributed by atoms with van der Waals surface area (Å²) in [5, 5.41) is 11.3. The molecule has 0 amide bonds. The van der Waals surface area contributed by atoms with Crippen LogP contribution in [0.15, 0.2) is 18.2 Å². The molecule has 4 aromatic rings. The second-order valence-electron chi connectivity index (χ2n) is 9.51. The Kier molecular flexibility index (Phi) is 14.1. The quantitative estimate of drug-likeness (QED) is 0.216. The molecule has 0 spiro atoms. The molecule has 19 heteroatoms. The van der Waals surface area contributed by atoms with Crippen LogP contribution < -0.4 is 9.47 Å². The Morgan fingerprint density at radius 3 is 1.43 bits per heavy atom. The van der Waals surface area contributed by atoms with Gasteiger partial charge >= 0.3 is 19.0 Å². The molecule has 0 atom stereocenters. The van der Waals surface area contributed by atoms with Crippen LogP contribution in [0.1, 0.15) is 39.7 Å². The summed E-state index contributed by atoms with van der Waals surface area (Å²) in [6.45, 7) is 5.57. The molecule has 0 aliphatic heterocycles. The van der Waals surface area contributed by atoms with Crippen LogP contribution in [0, 0.1) is 53.2 Å². The number of alkyl halides is 8. The minimum atomic E-state index is -4.41. The van der Waals surface area contributed by atoms with E-state index in [1.54, 1.807) is 41.8 Å². The van der Waals surface area contributed by atoms with Crippen LogP contribution in [0.5, 0.6) is 11.8 Å². The van der Waals surface area contributed by atoms with Gasteiger partial charge in [0.2, 0.25) is 17.6 Å². The van der Waals surface area contributed by atoms with E-state index < -0.39 is 43.0 Å². The molecular formula is C27H33F10N7O2. The van der Waals surface area contributed by atoms with E-state index in [0.717, 1.165) is 4.68 Å². The van der Waals surface area contributed by atoms with Gasteiger partial charge in [-0.05, 0) is 53.7 Å². The van der Waals surface area contributed by atoms with Gasteiger partial charge in [0.05, 0.1) is 11.4 Å². The zero-order chi connectivity index (χ0) is 35.7. The summed E-state index contributed by atoms with van der Waals surface area (Å²) in [5.41, 5.74) is 2.74. The first-order valence-electron chi connectivity index (χ1n) is 13.0. The van der Waals surface area contributed by atoms with Crippen LogP contribution in [0.4, 0.5) is 43.9 Å². The molecule has 9 nitrogen and oxygen atoms in total. The molecule has 0 fully saturated rings. The van der Waals surface area contributed by atoms with Crippen molar-refractivity contribution in [1.82, 2.24) is 34.3 Å². The number of benzene rings is 1. The maximum atomic E-state index is 12.3. The molecule has 0 unspecified atom stereocenters. The molecule has 0 bridgehead atoms. The molecule has 0 aliphatic rings. The first-order valence-corrected chi connectivity index (χ1v) is 13.0. The first-order chi connectivity index (χ1) is 21.0. The highest BCUT2D eigenvalue weighted by Crippen LogP contribution is 2.27. The lowest BCUT2D eigenvalue weighted by Crippen LogP contribution is -2.20. The molecule has 1 aromatic carbocycles. The SMILES string of the molecule is Cc1c(F)cccc1F.Cc1nc(C(F)(F)F)n(C)n1.Cc1nn(C)c(OC(F)F)c1C.Cc1nn(C)c(OCC(F)(F)F)c1C. The molecule has 3 aromatic heterocycles. The Morgan fingerprint density at radius 2 is 1.15 bits per heavy atom. The Bertz CT molecular complexity index is 1540. The van der Waals surface area contributed by atoms with Gasteiger partial charge in [-0.25, -0.2) is 27.8 Å². The number of aromatic nitrogens is 7. The van der Waals surface area contributed by atoms with Gasteiger partial charge in [0, 0.05) is 37.8 Å². The highest BCUT2D eigenvalue weighted by atomic mass is 19.4. The van der Waals surface area contributed by atoms with Gasteiger partial charge in [0.25, 0.3) is 0 Å². The number of rotatable bonds is 4. The van der Waals surface area contributed by atoms with Crippen molar-refractivity contribution in [3.8, 4) is 11.8 Å². The molecule has 3 heterocycles. The lowest BCUT2D eigenvalue weighted by Gasteiger charge is -2.09. The lowest BCUT2D eigenvalue weighted by atomic mass is 10.2. The Morgan fingerprint density at radius 1 is 0.696 bits per heavy atom. The summed E-state index contributed by atoms with van der Waals surface area (Å²) in [6, 6.07) is 3.81. The van der Waals surface area contributed by atoms with Gasteiger partial charge in [0.1, 0.15) is 17.5 Å². The van der Waals surface area contributed by atoms with Gasteiger partial charge in [-0.3, -0.25) is 0 Å². The first kappa shape index (κ1) is 39.7. The molecule has 258 valence electrons. The fourth-order valence-electron chi connectivity index (χ4n) is 3.43. The number of hydrogen-bond acceptors (Lipinski definition) is 6. The monoisotopic (exact) mass is 677 g/mol. The van der Waals surface area contributed by atoms with Crippen molar-refractivity contribution in [3.05, 3.63) is 69.6 Å². The number of halogens is 10. The molecule has 0 N–H and O–H groups in total. The predicted molar refractivity (Wildman–Crippen MR) is 145 cm³/mol. The topological polar surface area (TPSA) is 84.8 Å². The fraction of sp³-hybridized carbons (Fsp3) is 0.481. The van der Waals surface area contributed by atoms with Gasteiger partial charge in [-0.15, -0.1) is 0 Å². The zero-order valence-electron chi connectivity index (χ0n) is 26.2. The third kappa shape index (κ3) is 12.2. The molecule has 46 heavy (non-hydrogen) atoms. The van der Waals surface area contributed by atoms with E-state index in [2.05, 4.69) is 29.8 Å². The van der Waals surface area contributed by atoms with E-state index in [9.17, 15) is 43.9 Å². The van der Waals surface area contributed by atoms with Crippen molar-refractivity contribution in [2.45, 2.75) is 60.5 Å². The Hall–Kier alpha value is -4.32. The average molecular weight is 678 g/mol. The molecule has 4 rings (SSSR count). The fourth-order valence-corrected chi connectivity index (χ4v) is 3.43. The van der Waals surface area contributed by atoms with E-state index in [0.29, 0.717) is 22.5 Å². The van der Waals surface area contributed by atoms with E-state index in [-0.39, 0.29) is 23.1 Å². The van der Waals surface area contributed by atoms with Crippen LogP contribution in [0.3, 0.4) is 0 Å². The predicted octanol–water partition coefficient (Wildman–Crippen LogP) is 7.03. The maximum absolute atomic E-state index is 12.3. The van der Waals surface area contributed by atoms with Crippen molar-refractivity contribution < 1.29 is 53.4 Å². The van der Waals surface area contributed by atoms with E-state index >= 15 is 0 Å². The number of aryl methyl sites for hydroxylation is 6. The highest BCUT2D eigenvalue weighted by Gasteiger charge is 2.36. The van der Waals surface area contributed by atoms with E-state index in [1.807, 2.05) is 0 Å². The van der Waals surface area contributed by atoms with Gasteiger partial charge in [0.15, 0.2) is 6.61 Å². The van der Waals surface area contributed by atoms with Crippen molar-refractivity contribution in [1.29, 1.82) is 0 Å². The minimum absolute atomic E-state index is 0.0810. The summed E-state index contributed by atoms with van der Waals surface area (Å²) >= 11 is 0. The summed E-state index contributed by atoms with van der Waals surface area (Å²) in [4.78, 5) is 3.21. The minimum Gasteiger partial charge on any atom is -0.468 e. The van der Waals surface area contributed by atoms with E-state index in [4.69, 9.17) is 0 Å². The van der Waals surface area contributed by atoms with Gasteiger partial charge in [-0.1, -0.05) is 6.07 Å². The molecule has 0 aliphatic carbocycles. The maximum Gasteiger partial charge on any atom is 0.451 e. The van der Waals surface area contributed by atoms with E-state index in [1.165, 1.54) is 48.5 Å². The smallest absolute Gasteiger partial charge is 0.451 e. The van der Waals surface area contributed by atoms with Gasteiger partial charge in [-0.2, -0.15) is 50.4 Å². The second-order valence-corrected chi connectivity index (χ2v) is 9.51. The number of nitrogens with zero attached hydrogens (tertiary/aromatic N) is 7. The third-order valence-corrected chi connectivity index (χ3v) is 5.81. The standard InChI is InChI=1S/C8H11F3N2O.C7H10F2N2O.C7H6F2.C5H6F3N3/c1-5-6(2)12-13(3)7(5)14-4-8(9,10)11;1-4-5(2)10-11(3)6(4)12-7(8)9;1-5-6(8)3-2-4-7(5)9;1-3-9-4(5(6,7)8)11(2)10-3/h4H2,1-3H3;7H,1-3H3;2-4H,1H3;1-2H3. The largest absolute Gasteiger partial charge is 0.468 e. The lowest BCUT2D eigenvalue weighted by molar-refractivity contribution is -0.154. The van der Waals surface area contributed by atoms with Crippen LogP contribution in [0.2, 0.25) is 0 Å². The summed E-state index contributed by atoms with van der Waals surface area (Å²) in [5.74, 6) is -1.53. The van der Waals surface area contributed by atoms with Crippen molar-refractivity contribution in [3.63, 3.8) is 0 Å². The van der Waals surface area contributed by atoms with Crippen LogP contribution in [0.25, 0.3) is 0 Å². The van der Waals surface area contributed by atoms with Crippen molar-refractivity contribution in [2.24, 2.45) is 21.1 Å². The highest BCUT2D eigenvalue weighted by molar-refractivity contribution is 5.29. The summed E-state index contributed by atoms with van der Waals surface area (Å²) in [7, 11) is 4.33. The molecule has 0 saturated heterocycles. The summed E-state index contributed by atoms with van der Waals surface area (Å²) < 4.78 is 132. The molecular weight excluding hydrogens is 644 g/mol. The van der Waals surface area contributed by atoms with Gasteiger partial charge < -0.3 is 9.47 Å². The van der Waals surface area contributed by atoms with Crippen molar-refractivity contribution in [2.75, 3.05) is 6.61 Å². The van der Waals surface area contributed by atoms with Crippen LogP contribution in [-0.4, -0.2) is 53.7 Å². The Balaban J connectivity index is 0.000000310. The van der Waals surface area contributed by atoms with Crippen LogP contribution >= 0.6 is 0 Å². The zero-order valence-corrected chi connectivity index (χ0v) is 26.2.